The van der Waals surface area contributed by atoms with E-state index in [0.29, 0.717) is 19.8 Å². The first-order chi connectivity index (χ1) is 5.85. The van der Waals surface area contributed by atoms with Gasteiger partial charge in [0, 0.05) is 0 Å². The molecule has 1 atom stereocenters. The Morgan fingerprint density at radius 1 is 1.42 bits per heavy atom. The molecule has 0 aliphatic carbocycles. The van der Waals surface area contributed by atoms with Crippen LogP contribution in [0.2, 0.25) is 0 Å². The van der Waals surface area contributed by atoms with Crippen molar-refractivity contribution in [2.75, 3.05) is 26.4 Å². The van der Waals surface area contributed by atoms with Crippen LogP contribution in [0.5, 0.6) is 0 Å². The summed E-state index contributed by atoms with van der Waals surface area (Å²) in [6.45, 7) is 8.39. The molecule has 0 saturated heterocycles. The highest BCUT2D eigenvalue weighted by Gasteiger charge is 2.02. The summed E-state index contributed by atoms with van der Waals surface area (Å²) < 4.78 is 10.3. The van der Waals surface area contributed by atoms with Gasteiger partial charge in [0.05, 0.1) is 32.5 Å². The highest BCUT2D eigenvalue weighted by molar-refractivity contribution is 4.80. The van der Waals surface area contributed by atoms with Crippen molar-refractivity contribution in [2.24, 2.45) is 0 Å². The first-order valence-corrected chi connectivity index (χ1v) is 3.88. The van der Waals surface area contributed by atoms with E-state index in [1.54, 1.807) is 12.2 Å². The Labute approximate surface area is 73.3 Å². The molecule has 0 fully saturated rings. The molecule has 0 heterocycles. The molecule has 1 N–H and O–H groups in total. The monoisotopic (exact) mass is 172 g/mol. The Kier molecular flexibility index (Phi) is 8.01. The minimum absolute atomic E-state index is 0.0196. The van der Waals surface area contributed by atoms with E-state index in [2.05, 4.69) is 13.2 Å². The first kappa shape index (κ1) is 11.4. The minimum Gasteiger partial charge on any atom is -0.394 e. The topological polar surface area (TPSA) is 38.7 Å². The molecule has 0 amide bonds. The maximum Gasteiger partial charge on any atom is 0.0987 e. The molecular formula is C9H16O3. The lowest BCUT2D eigenvalue weighted by atomic mass is 10.4. The van der Waals surface area contributed by atoms with Gasteiger partial charge in [0.1, 0.15) is 0 Å². The Morgan fingerprint density at radius 2 is 2.17 bits per heavy atom. The maximum absolute atomic E-state index is 8.47. The van der Waals surface area contributed by atoms with Gasteiger partial charge in [-0.25, -0.2) is 0 Å². The van der Waals surface area contributed by atoms with Gasteiger partial charge in [0.25, 0.3) is 0 Å². The third-order valence-electron chi connectivity index (χ3n) is 1.20. The Bertz CT molecular complexity index is 123. The molecule has 0 bridgehead atoms. The molecule has 3 heteroatoms. The second-order valence-electron chi connectivity index (χ2n) is 2.19. The molecule has 0 rings (SSSR count). The van der Waals surface area contributed by atoms with Crippen molar-refractivity contribution in [1.82, 2.24) is 0 Å². The molecule has 0 aromatic heterocycles. The van der Waals surface area contributed by atoms with Crippen LogP contribution >= 0.6 is 0 Å². The summed E-state index contributed by atoms with van der Waals surface area (Å²) in [5.74, 6) is 0. The van der Waals surface area contributed by atoms with E-state index >= 15 is 0 Å². The van der Waals surface area contributed by atoms with Crippen LogP contribution in [0.25, 0.3) is 0 Å². The lowest BCUT2D eigenvalue weighted by Crippen LogP contribution is -2.19. The average Bonchev–Trinajstić information content (AvgIpc) is 2.11. The first-order valence-electron chi connectivity index (χ1n) is 3.88. The van der Waals surface area contributed by atoms with Crippen molar-refractivity contribution in [2.45, 2.75) is 6.10 Å². The summed E-state index contributed by atoms with van der Waals surface area (Å²) in [6.07, 6.45) is 3.18. The molecule has 70 valence electrons. The van der Waals surface area contributed by atoms with Gasteiger partial charge in [-0.1, -0.05) is 12.2 Å². The fourth-order valence-corrected chi connectivity index (χ4v) is 0.656. The third-order valence-corrected chi connectivity index (χ3v) is 1.20. The SMILES string of the molecule is C=CCOCC(C=C)OCCO. The number of hydrogen-bond acceptors (Lipinski definition) is 3. The van der Waals surface area contributed by atoms with Crippen LogP contribution in [0.15, 0.2) is 25.3 Å². The second kappa shape index (κ2) is 8.46. The van der Waals surface area contributed by atoms with Gasteiger partial charge in [-0.05, 0) is 0 Å². The maximum atomic E-state index is 8.47. The Hall–Kier alpha value is -0.640. The smallest absolute Gasteiger partial charge is 0.0987 e. The quantitative estimate of drug-likeness (QED) is 0.434. The zero-order valence-electron chi connectivity index (χ0n) is 7.24. The molecule has 0 aromatic rings. The van der Waals surface area contributed by atoms with E-state index in [1.165, 1.54) is 0 Å². The fraction of sp³-hybridized carbons (Fsp3) is 0.556. The summed E-state index contributed by atoms with van der Waals surface area (Å²) in [4.78, 5) is 0. The lowest BCUT2D eigenvalue weighted by molar-refractivity contribution is 0.00227. The number of ether oxygens (including phenoxy) is 2. The molecule has 0 radical (unpaired) electrons. The van der Waals surface area contributed by atoms with Crippen molar-refractivity contribution in [3.8, 4) is 0 Å². The second-order valence-corrected chi connectivity index (χ2v) is 2.19. The highest BCUT2D eigenvalue weighted by Crippen LogP contribution is 1.94. The lowest BCUT2D eigenvalue weighted by Gasteiger charge is -2.12. The van der Waals surface area contributed by atoms with Crippen LogP contribution < -0.4 is 0 Å². The van der Waals surface area contributed by atoms with Crippen molar-refractivity contribution in [1.29, 1.82) is 0 Å². The van der Waals surface area contributed by atoms with Crippen molar-refractivity contribution >= 4 is 0 Å². The van der Waals surface area contributed by atoms with Crippen LogP contribution in [-0.2, 0) is 9.47 Å². The van der Waals surface area contributed by atoms with Gasteiger partial charge in [-0.2, -0.15) is 0 Å². The van der Waals surface area contributed by atoms with Crippen LogP contribution in [0.4, 0.5) is 0 Å². The number of aliphatic hydroxyl groups excluding tert-OH is 1. The van der Waals surface area contributed by atoms with Gasteiger partial charge in [-0.15, -0.1) is 13.2 Å². The molecule has 0 spiro atoms. The molecule has 12 heavy (non-hydrogen) atoms. The summed E-state index contributed by atoms with van der Waals surface area (Å²) >= 11 is 0. The highest BCUT2D eigenvalue weighted by atomic mass is 16.5. The van der Waals surface area contributed by atoms with Crippen LogP contribution in [0.3, 0.4) is 0 Å². The molecule has 0 saturated carbocycles. The standard InChI is InChI=1S/C9H16O3/c1-3-6-11-8-9(4-2)12-7-5-10/h3-4,9-10H,1-2,5-8H2. The number of aliphatic hydroxyl groups is 1. The zero-order chi connectivity index (χ0) is 9.23. The third kappa shape index (κ3) is 6.09. The van der Waals surface area contributed by atoms with E-state index in [0.717, 1.165) is 0 Å². The van der Waals surface area contributed by atoms with E-state index in [1.807, 2.05) is 0 Å². The average molecular weight is 172 g/mol. The summed E-state index contributed by atoms with van der Waals surface area (Å²) in [5, 5.41) is 8.47. The summed E-state index contributed by atoms with van der Waals surface area (Å²) in [6, 6.07) is 0. The molecule has 0 aliphatic rings. The van der Waals surface area contributed by atoms with Crippen molar-refractivity contribution in [3.05, 3.63) is 25.3 Å². The Balaban J connectivity index is 3.38. The van der Waals surface area contributed by atoms with Crippen molar-refractivity contribution in [3.63, 3.8) is 0 Å². The van der Waals surface area contributed by atoms with Gasteiger partial charge in [0.15, 0.2) is 0 Å². The molecular weight excluding hydrogens is 156 g/mol. The van der Waals surface area contributed by atoms with Gasteiger partial charge in [0.2, 0.25) is 0 Å². The zero-order valence-corrected chi connectivity index (χ0v) is 7.24. The van der Waals surface area contributed by atoms with Crippen LogP contribution in [-0.4, -0.2) is 37.6 Å². The van der Waals surface area contributed by atoms with Crippen LogP contribution in [0, 0.1) is 0 Å². The molecule has 0 aromatic carbocycles. The normalized spacial score (nSPS) is 12.4. The van der Waals surface area contributed by atoms with Gasteiger partial charge < -0.3 is 14.6 Å². The number of rotatable bonds is 8. The molecule has 3 nitrogen and oxygen atoms in total. The minimum atomic E-state index is -0.142. The van der Waals surface area contributed by atoms with E-state index < -0.39 is 0 Å². The van der Waals surface area contributed by atoms with Crippen molar-refractivity contribution < 1.29 is 14.6 Å². The summed E-state index contributed by atoms with van der Waals surface area (Å²) in [5.41, 5.74) is 0. The predicted octanol–water partition coefficient (Wildman–Crippen LogP) is 0.752. The molecule has 0 aliphatic heterocycles. The van der Waals surface area contributed by atoms with E-state index in [-0.39, 0.29) is 12.7 Å². The van der Waals surface area contributed by atoms with Gasteiger partial charge >= 0.3 is 0 Å². The number of hydrogen-bond donors (Lipinski definition) is 1. The predicted molar refractivity (Wildman–Crippen MR) is 48.0 cm³/mol. The Morgan fingerprint density at radius 3 is 2.67 bits per heavy atom. The van der Waals surface area contributed by atoms with Crippen LogP contribution in [0.1, 0.15) is 0 Å². The summed E-state index contributed by atoms with van der Waals surface area (Å²) in [7, 11) is 0. The van der Waals surface area contributed by atoms with E-state index in [4.69, 9.17) is 14.6 Å². The van der Waals surface area contributed by atoms with E-state index in [9.17, 15) is 0 Å². The van der Waals surface area contributed by atoms with Gasteiger partial charge in [-0.3, -0.25) is 0 Å². The fourth-order valence-electron chi connectivity index (χ4n) is 0.656. The largest absolute Gasteiger partial charge is 0.394 e. The molecule has 1 unspecified atom stereocenters.